The molecule has 0 unspecified atom stereocenters. The van der Waals surface area contributed by atoms with E-state index in [1.165, 1.54) is 6.20 Å². The van der Waals surface area contributed by atoms with Crippen molar-refractivity contribution >= 4 is 17.5 Å². The molecule has 1 amide bonds. The van der Waals surface area contributed by atoms with Crippen molar-refractivity contribution in [2.75, 3.05) is 6.54 Å². The first-order valence-electron chi connectivity index (χ1n) is 7.90. The maximum absolute atomic E-state index is 12.7. The predicted molar refractivity (Wildman–Crippen MR) is 89.8 cm³/mol. The topological polar surface area (TPSA) is 85.0 Å². The fourth-order valence-corrected chi connectivity index (χ4v) is 3.00. The number of rotatable bonds is 3. The minimum Gasteiger partial charge on any atom is -0.337 e. The van der Waals surface area contributed by atoms with E-state index in [9.17, 15) is 4.79 Å². The van der Waals surface area contributed by atoms with Crippen LogP contribution in [0.4, 0.5) is 0 Å². The van der Waals surface area contributed by atoms with Crippen LogP contribution in [0.25, 0.3) is 11.5 Å². The zero-order chi connectivity index (χ0) is 17.2. The molecule has 0 bridgehead atoms. The van der Waals surface area contributed by atoms with E-state index in [4.69, 9.17) is 16.1 Å². The van der Waals surface area contributed by atoms with Crippen molar-refractivity contribution < 1.29 is 9.32 Å². The van der Waals surface area contributed by atoms with Gasteiger partial charge in [0.05, 0.1) is 5.02 Å². The minimum absolute atomic E-state index is 0.170. The molecule has 0 aliphatic carbocycles. The summed E-state index contributed by atoms with van der Waals surface area (Å²) in [6.07, 6.45) is 4.77. The number of pyridine rings is 2. The lowest BCUT2D eigenvalue weighted by Gasteiger charge is -2.21. The first-order valence-corrected chi connectivity index (χ1v) is 8.28. The minimum atomic E-state index is -0.255. The average Bonchev–Trinajstić information content (AvgIpc) is 3.32. The van der Waals surface area contributed by atoms with Gasteiger partial charge in [-0.25, -0.2) is 4.98 Å². The Bertz CT molecular complexity index is 882. The monoisotopic (exact) mass is 355 g/mol. The highest BCUT2D eigenvalue weighted by atomic mass is 35.5. The van der Waals surface area contributed by atoms with E-state index in [1.807, 2.05) is 18.2 Å². The van der Waals surface area contributed by atoms with Crippen LogP contribution >= 0.6 is 11.6 Å². The Balaban J connectivity index is 1.58. The number of carbonyl (C=O) groups excluding carboxylic acids is 1. The summed E-state index contributed by atoms with van der Waals surface area (Å²) < 4.78 is 5.40. The molecule has 1 saturated heterocycles. The molecule has 126 valence electrons. The van der Waals surface area contributed by atoms with Gasteiger partial charge in [-0.2, -0.15) is 4.98 Å². The van der Waals surface area contributed by atoms with Gasteiger partial charge in [0.1, 0.15) is 17.4 Å². The molecule has 25 heavy (non-hydrogen) atoms. The molecular formula is C17H14ClN5O2. The first kappa shape index (κ1) is 15.7. The highest BCUT2D eigenvalue weighted by molar-refractivity contribution is 6.30. The van der Waals surface area contributed by atoms with E-state index in [2.05, 4.69) is 20.1 Å². The molecule has 0 saturated carbocycles. The standard InChI is InChI=1S/C17H14ClN5O2/c18-11-6-7-13(20-10-11)17(24)23-9-3-5-14(23)16-21-15(22-25-16)12-4-1-2-8-19-12/h1-2,4,6-8,10,14H,3,5,9H2/t14-/m0/s1. The second kappa shape index (κ2) is 6.60. The molecule has 0 aromatic carbocycles. The fraction of sp³-hybridized carbons (Fsp3) is 0.235. The largest absolute Gasteiger partial charge is 0.337 e. The van der Waals surface area contributed by atoms with Crippen LogP contribution in [0.2, 0.25) is 5.02 Å². The molecule has 1 aliphatic heterocycles. The lowest BCUT2D eigenvalue weighted by molar-refractivity contribution is 0.0704. The van der Waals surface area contributed by atoms with Gasteiger partial charge >= 0.3 is 0 Å². The quantitative estimate of drug-likeness (QED) is 0.717. The highest BCUT2D eigenvalue weighted by Crippen LogP contribution is 2.32. The second-order valence-corrected chi connectivity index (χ2v) is 6.13. The molecule has 0 N–H and O–H groups in total. The lowest BCUT2D eigenvalue weighted by Crippen LogP contribution is -2.31. The SMILES string of the molecule is O=C(c1ccc(Cl)cn1)N1CCC[C@H]1c1nc(-c2ccccn2)no1. The van der Waals surface area contributed by atoms with E-state index in [-0.39, 0.29) is 11.9 Å². The van der Waals surface area contributed by atoms with Crippen molar-refractivity contribution in [3.63, 3.8) is 0 Å². The van der Waals surface area contributed by atoms with E-state index in [0.717, 1.165) is 12.8 Å². The van der Waals surface area contributed by atoms with Gasteiger partial charge in [0.2, 0.25) is 11.7 Å². The number of nitrogens with zero attached hydrogens (tertiary/aromatic N) is 5. The van der Waals surface area contributed by atoms with E-state index < -0.39 is 0 Å². The van der Waals surface area contributed by atoms with Crippen LogP contribution in [0.3, 0.4) is 0 Å². The van der Waals surface area contributed by atoms with E-state index in [1.54, 1.807) is 23.2 Å². The zero-order valence-corrected chi connectivity index (χ0v) is 13.9. The molecule has 3 aromatic rings. The van der Waals surface area contributed by atoms with E-state index >= 15 is 0 Å². The van der Waals surface area contributed by atoms with Crippen molar-refractivity contribution in [1.29, 1.82) is 0 Å². The normalized spacial score (nSPS) is 17.0. The van der Waals surface area contributed by atoms with Gasteiger partial charge in [-0.05, 0) is 37.1 Å². The van der Waals surface area contributed by atoms with Gasteiger partial charge in [0.25, 0.3) is 5.91 Å². The maximum Gasteiger partial charge on any atom is 0.273 e. The zero-order valence-electron chi connectivity index (χ0n) is 13.2. The summed E-state index contributed by atoms with van der Waals surface area (Å²) in [7, 11) is 0. The molecule has 7 nitrogen and oxygen atoms in total. The summed E-state index contributed by atoms with van der Waals surface area (Å²) in [6, 6.07) is 8.50. The van der Waals surface area contributed by atoms with Gasteiger partial charge in [-0.1, -0.05) is 22.8 Å². The third-order valence-electron chi connectivity index (χ3n) is 4.08. The van der Waals surface area contributed by atoms with Gasteiger partial charge < -0.3 is 9.42 Å². The third-order valence-corrected chi connectivity index (χ3v) is 4.30. The lowest BCUT2D eigenvalue weighted by atomic mass is 10.2. The number of likely N-dealkylation sites (tertiary alicyclic amines) is 1. The molecule has 4 heterocycles. The summed E-state index contributed by atoms with van der Waals surface area (Å²) in [6.45, 7) is 0.620. The molecule has 8 heteroatoms. The molecule has 1 atom stereocenters. The van der Waals surface area contributed by atoms with Crippen LogP contribution in [0, 0.1) is 0 Å². The number of hydrogen-bond acceptors (Lipinski definition) is 6. The Labute approximate surface area is 148 Å². The summed E-state index contributed by atoms with van der Waals surface area (Å²) in [4.78, 5) is 27.2. The van der Waals surface area contributed by atoms with Gasteiger partial charge in [-0.3, -0.25) is 9.78 Å². The third kappa shape index (κ3) is 3.10. The number of hydrogen-bond donors (Lipinski definition) is 0. The maximum atomic E-state index is 12.7. The molecule has 1 fully saturated rings. The fourth-order valence-electron chi connectivity index (χ4n) is 2.89. The number of halogens is 1. The number of amides is 1. The van der Waals surface area contributed by atoms with E-state index in [0.29, 0.717) is 34.7 Å². The summed E-state index contributed by atoms with van der Waals surface area (Å²) in [5.74, 6) is 0.664. The van der Waals surface area contributed by atoms with Crippen molar-refractivity contribution in [2.45, 2.75) is 18.9 Å². The number of carbonyl (C=O) groups is 1. The van der Waals surface area contributed by atoms with Gasteiger partial charge in [-0.15, -0.1) is 0 Å². The Kier molecular flexibility index (Phi) is 4.15. The van der Waals surface area contributed by atoms with Gasteiger partial charge in [0.15, 0.2) is 0 Å². The van der Waals surface area contributed by atoms with Crippen LogP contribution in [0.15, 0.2) is 47.2 Å². The molecule has 0 radical (unpaired) electrons. The molecule has 4 rings (SSSR count). The Hall–Kier alpha value is -2.80. The number of aromatic nitrogens is 4. The van der Waals surface area contributed by atoms with Crippen molar-refractivity contribution in [3.8, 4) is 11.5 Å². The molecule has 3 aromatic heterocycles. The predicted octanol–water partition coefficient (Wildman–Crippen LogP) is 3.16. The first-order chi connectivity index (χ1) is 12.2. The molecular weight excluding hydrogens is 342 g/mol. The average molecular weight is 356 g/mol. The Morgan fingerprint density at radius 2 is 2.16 bits per heavy atom. The summed E-state index contributed by atoms with van der Waals surface area (Å²) in [5, 5.41) is 4.48. The molecule has 0 spiro atoms. The second-order valence-electron chi connectivity index (χ2n) is 5.69. The van der Waals surface area contributed by atoms with Crippen molar-refractivity contribution in [3.05, 3.63) is 59.3 Å². The Morgan fingerprint density at radius 3 is 2.92 bits per heavy atom. The summed E-state index contributed by atoms with van der Waals surface area (Å²) >= 11 is 5.83. The summed E-state index contributed by atoms with van der Waals surface area (Å²) in [5.41, 5.74) is 0.980. The van der Waals surface area contributed by atoms with Crippen LogP contribution < -0.4 is 0 Å². The smallest absolute Gasteiger partial charge is 0.273 e. The van der Waals surface area contributed by atoms with Crippen LogP contribution in [0.5, 0.6) is 0 Å². The highest BCUT2D eigenvalue weighted by Gasteiger charge is 2.35. The van der Waals surface area contributed by atoms with Crippen LogP contribution in [-0.2, 0) is 0 Å². The van der Waals surface area contributed by atoms with Gasteiger partial charge in [0, 0.05) is 18.9 Å². The van der Waals surface area contributed by atoms with Crippen molar-refractivity contribution in [2.24, 2.45) is 0 Å². The van der Waals surface area contributed by atoms with Crippen LogP contribution in [-0.4, -0.2) is 37.5 Å². The molecule has 1 aliphatic rings. The Morgan fingerprint density at radius 1 is 1.24 bits per heavy atom. The van der Waals surface area contributed by atoms with Crippen molar-refractivity contribution in [1.82, 2.24) is 25.0 Å². The van der Waals surface area contributed by atoms with Crippen LogP contribution in [0.1, 0.15) is 35.3 Å².